The summed E-state index contributed by atoms with van der Waals surface area (Å²) < 4.78 is 0. The van der Waals surface area contributed by atoms with Crippen LogP contribution in [0.25, 0.3) is 11.0 Å². The van der Waals surface area contributed by atoms with E-state index in [2.05, 4.69) is 47.7 Å². The first-order valence-corrected chi connectivity index (χ1v) is 10.5. The number of aromatic nitrogens is 5. The molecular weight excluding hydrogens is 421 g/mol. The van der Waals surface area contributed by atoms with E-state index in [-0.39, 0.29) is 0 Å². The molecule has 1 aliphatic rings. The fourth-order valence-electron chi connectivity index (χ4n) is 3.48. The molecule has 152 valence electrons. The topological polar surface area (TPSA) is 91.4 Å². The van der Waals surface area contributed by atoms with E-state index < -0.39 is 0 Å². The van der Waals surface area contributed by atoms with Gasteiger partial charge in [0.15, 0.2) is 0 Å². The van der Waals surface area contributed by atoms with Crippen LogP contribution >= 0.6 is 23.2 Å². The summed E-state index contributed by atoms with van der Waals surface area (Å²) in [6.45, 7) is 0.564. The number of nitrogens with zero attached hydrogens (tertiary/aromatic N) is 4. The van der Waals surface area contributed by atoms with Gasteiger partial charge in [-0.05, 0) is 42.5 Å². The monoisotopic (exact) mass is 439 g/mol. The Bertz CT molecular complexity index is 1180. The van der Waals surface area contributed by atoms with E-state index in [9.17, 15) is 0 Å². The molecule has 0 atom stereocenters. The molecule has 4 aromatic rings. The highest BCUT2D eigenvalue weighted by Gasteiger charge is 2.19. The van der Waals surface area contributed by atoms with E-state index in [1.165, 1.54) is 37.2 Å². The number of H-pyrrole nitrogens is 1. The minimum absolute atomic E-state index is 0.419. The van der Waals surface area contributed by atoms with Crippen molar-refractivity contribution in [2.45, 2.75) is 31.7 Å². The second-order valence-corrected chi connectivity index (χ2v) is 8.15. The molecule has 5 rings (SSSR count). The Labute approximate surface area is 183 Å². The maximum Gasteiger partial charge on any atom is 0.205 e. The van der Waals surface area contributed by atoms with Crippen LogP contribution in [0.5, 0.6) is 0 Å². The molecule has 30 heavy (non-hydrogen) atoms. The number of nitrogens with one attached hydrogen (secondary N) is 3. The van der Waals surface area contributed by atoms with Crippen molar-refractivity contribution in [3.05, 3.63) is 64.3 Å². The highest BCUT2D eigenvalue weighted by Crippen LogP contribution is 2.36. The summed E-state index contributed by atoms with van der Waals surface area (Å²) in [6, 6.07) is 6.19. The fourth-order valence-corrected chi connectivity index (χ4v) is 3.94. The highest BCUT2D eigenvalue weighted by molar-refractivity contribution is 6.39. The molecule has 0 spiro atoms. The van der Waals surface area contributed by atoms with Crippen molar-refractivity contribution >= 4 is 51.7 Å². The molecular formula is C21H19Cl2N7. The van der Waals surface area contributed by atoms with Crippen molar-refractivity contribution in [2.24, 2.45) is 0 Å². The van der Waals surface area contributed by atoms with Gasteiger partial charge in [-0.1, -0.05) is 29.6 Å². The van der Waals surface area contributed by atoms with Gasteiger partial charge in [0.05, 0.1) is 45.2 Å². The second-order valence-electron chi connectivity index (χ2n) is 7.34. The van der Waals surface area contributed by atoms with Gasteiger partial charge < -0.3 is 15.6 Å². The molecule has 0 saturated heterocycles. The zero-order valence-electron chi connectivity index (χ0n) is 16.0. The van der Waals surface area contributed by atoms with Crippen LogP contribution in [0, 0.1) is 0 Å². The normalized spacial score (nSPS) is 13.9. The molecule has 1 saturated carbocycles. The van der Waals surface area contributed by atoms with Crippen molar-refractivity contribution in [1.29, 1.82) is 0 Å². The molecule has 3 N–H and O–H groups in total. The molecule has 0 amide bonds. The van der Waals surface area contributed by atoms with E-state index in [1.807, 2.05) is 12.3 Å². The third-order valence-electron chi connectivity index (χ3n) is 5.33. The van der Waals surface area contributed by atoms with Crippen LogP contribution in [0.1, 0.15) is 36.4 Å². The lowest BCUT2D eigenvalue weighted by Crippen LogP contribution is -2.10. The van der Waals surface area contributed by atoms with Crippen LogP contribution in [0.3, 0.4) is 0 Å². The average molecular weight is 440 g/mol. The Hall–Kier alpha value is -2.90. The third kappa shape index (κ3) is 3.91. The summed E-state index contributed by atoms with van der Waals surface area (Å²) >= 11 is 12.3. The molecule has 7 nitrogen and oxygen atoms in total. The summed E-state index contributed by atoms with van der Waals surface area (Å²) in [7, 11) is 0. The Morgan fingerprint density at radius 1 is 1.07 bits per heavy atom. The van der Waals surface area contributed by atoms with Gasteiger partial charge >= 0.3 is 0 Å². The standard InChI is InChI=1S/C21H19Cl2N7/c22-15-9-24-10-16(23)20(15)30-21-28-17-7-14(26-11-18(17)29-21)8-27-19-6-13(4-5-25-19)12-2-1-3-12/h4-7,9-12H,1-3,8H2,(H,25,27)(H2,24,28,29,30). The van der Waals surface area contributed by atoms with Crippen molar-refractivity contribution in [3.63, 3.8) is 0 Å². The Balaban J connectivity index is 1.30. The van der Waals surface area contributed by atoms with Crippen LogP contribution < -0.4 is 10.6 Å². The Kier molecular flexibility index (Phi) is 5.14. The second kappa shape index (κ2) is 8.08. The number of fused-ring (bicyclic) bond motifs is 1. The van der Waals surface area contributed by atoms with Crippen molar-refractivity contribution in [3.8, 4) is 0 Å². The summed E-state index contributed by atoms with van der Waals surface area (Å²) in [5.74, 6) is 2.08. The Morgan fingerprint density at radius 2 is 1.90 bits per heavy atom. The fraction of sp³-hybridized carbons (Fsp3) is 0.238. The van der Waals surface area contributed by atoms with E-state index in [1.54, 1.807) is 6.20 Å². The summed E-state index contributed by atoms with van der Waals surface area (Å²) in [4.78, 5) is 20.6. The largest absolute Gasteiger partial charge is 0.364 e. The molecule has 0 bridgehead atoms. The summed E-state index contributed by atoms with van der Waals surface area (Å²) in [5, 5.41) is 7.31. The number of rotatable bonds is 6. The molecule has 4 heterocycles. The molecule has 1 fully saturated rings. The van der Waals surface area contributed by atoms with Gasteiger partial charge in [0, 0.05) is 18.6 Å². The third-order valence-corrected chi connectivity index (χ3v) is 5.91. The zero-order valence-corrected chi connectivity index (χ0v) is 17.5. The van der Waals surface area contributed by atoms with Crippen LogP contribution in [-0.2, 0) is 6.54 Å². The van der Waals surface area contributed by atoms with Gasteiger partial charge in [-0.2, -0.15) is 0 Å². The molecule has 1 aliphatic carbocycles. The SMILES string of the molecule is Clc1cncc(Cl)c1Nc1nc2cc(CNc3cc(C4CCC4)ccn3)ncc2[nH]1. The van der Waals surface area contributed by atoms with Crippen molar-refractivity contribution in [2.75, 3.05) is 10.6 Å². The molecule has 4 aromatic heterocycles. The van der Waals surface area contributed by atoms with Gasteiger partial charge in [0.2, 0.25) is 5.95 Å². The number of aromatic amines is 1. The lowest BCUT2D eigenvalue weighted by molar-refractivity contribution is 0.419. The van der Waals surface area contributed by atoms with Gasteiger partial charge in [0.25, 0.3) is 0 Å². The molecule has 0 aliphatic heterocycles. The number of anilines is 3. The van der Waals surface area contributed by atoms with Gasteiger partial charge in [-0.15, -0.1) is 0 Å². The minimum atomic E-state index is 0.419. The minimum Gasteiger partial charge on any atom is -0.364 e. The van der Waals surface area contributed by atoms with Crippen molar-refractivity contribution < 1.29 is 0 Å². The molecule has 0 aromatic carbocycles. The predicted octanol–water partition coefficient (Wildman–Crippen LogP) is 5.68. The lowest BCUT2D eigenvalue weighted by Gasteiger charge is -2.25. The quantitative estimate of drug-likeness (QED) is 0.358. The average Bonchev–Trinajstić information content (AvgIpc) is 3.10. The smallest absolute Gasteiger partial charge is 0.205 e. The van der Waals surface area contributed by atoms with E-state index in [0.29, 0.717) is 34.1 Å². The van der Waals surface area contributed by atoms with Crippen LogP contribution in [-0.4, -0.2) is 24.9 Å². The van der Waals surface area contributed by atoms with Crippen LogP contribution in [0.2, 0.25) is 10.0 Å². The number of halogens is 2. The number of hydrogen-bond acceptors (Lipinski definition) is 6. The Morgan fingerprint density at radius 3 is 2.67 bits per heavy atom. The molecule has 0 radical (unpaired) electrons. The van der Waals surface area contributed by atoms with Gasteiger partial charge in [-0.25, -0.2) is 9.97 Å². The predicted molar refractivity (Wildman–Crippen MR) is 120 cm³/mol. The molecule has 9 heteroatoms. The lowest BCUT2D eigenvalue weighted by atomic mass is 9.80. The van der Waals surface area contributed by atoms with Gasteiger partial charge in [-0.3, -0.25) is 9.97 Å². The molecule has 0 unspecified atom stereocenters. The maximum absolute atomic E-state index is 6.17. The van der Waals surface area contributed by atoms with Crippen LogP contribution in [0.4, 0.5) is 17.5 Å². The maximum atomic E-state index is 6.17. The van der Waals surface area contributed by atoms with Gasteiger partial charge in [0.1, 0.15) is 5.82 Å². The first-order valence-electron chi connectivity index (χ1n) is 9.76. The first-order chi connectivity index (χ1) is 14.7. The van der Waals surface area contributed by atoms with Crippen molar-refractivity contribution in [1.82, 2.24) is 24.9 Å². The summed E-state index contributed by atoms with van der Waals surface area (Å²) in [5.41, 5.74) is 4.39. The highest BCUT2D eigenvalue weighted by atomic mass is 35.5. The number of hydrogen-bond donors (Lipinski definition) is 3. The number of pyridine rings is 3. The number of imidazole rings is 1. The van der Waals surface area contributed by atoms with E-state index >= 15 is 0 Å². The van der Waals surface area contributed by atoms with Crippen LogP contribution in [0.15, 0.2) is 43.0 Å². The van der Waals surface area contributed by atoms with E-state index in [4.69, 9.17) is 23.2 Å². The van der Waals surface area contributed by atoms with E-state index in [0.717, 1.165) is 22.5 Å². The zero-order chi connectivity index (χ0) is 20.5. The first kappa shape index (κ1) is 19.1. The summed E-state index contributed by atoms with van der Waals surface area (Å²) in [6.07, 6.45) is 10.5.